The van der Waals surface area contributed by atoms with Crippen LogP contribution in [0.3, 0.4) is 0 Å². The summed E-state index contributed by atoms with van der Waals surface area (Å²) >= 11 is 0. The van der Waals surface area contributed by atoms with E-state index in [1.807, 2.05) is 0 Å². The van der Waals surface area contributed by atoms with Gasteiger partial charge in [0.1, 0.15) is 0 Å². The van der Waals surface area contributed by atoms with Crippen molar-refractivity contribution < 1.29 is 43.1 Å². The summed E-state index contributed by atoms with van der Waals surface area (Å²) in [4.78, 5) is 45.3. The Morgan fingerprint density at radius 1 is 1.06 bits per heavy atom. The van der Waals surface area contributed by atoms with Crippen molar-refractivity contribution in [3.8, 4) is 0 Å². The number of aliphatic carboxylic acids is 1. The van der Waals surface area contributed by atoms with Crippen LogP contribution in [0.4, 0.5) is 0 Å². The average Bonchev–Trinajstić information content (AvgIpc) is 1.69. The highest BCUT2D eigenvalue weighted by atomic mass is 31.2. The maximum absolute atomic E-state index is 10.7. The molecule has 0 saturated carbocycles. The number of carbonyl (C=O) groups is 1. The lowest BCUT2D eigenvalue weighted by atomic mass is 10.5. The van der Waals surface area contributed by atoms with Crippen LogP contribution in [0.15, 0.2) is 0 Å². The Morgan fingerprint density at radius 3 is 1.56 bits per heavy atom. The largest absolute Gasteiger partial charge is 0.477 e. The molecule has 0 aromatic carbocycles. The van der Waals surface area contributed by atoms with Gasteiger partial charge in [0.2, 0.25) is 0 Å². The van der Waals surface area contributed by atoms with Gasteiger partial charge in [-0.1, -0.05) is 0 Å². The molecule has 16 heavy (non-hydrogen) atoms. The minimum atomic E-state index is -4.56. The van der Waals surface area contributed by atoms with Gasteiger partial charge in [0.25, 0.3) is 0 Å². The molecule has 5 N–H and O–H groups in total. The van der Waals surface area contributed by atoms with Gasteiger partial charge in [-0.2, -0.15) is 0 Å². The first-order chi connectivity index (χ1) is 6.83. The normalized spacial score (nSPS) is 13.8. The van der Waals surface area contributed by atoms with E-state index in [9.17, 15) is 13.9 Å². The maximum atomic E-state index is 10.7. The summed E-state index contributed by atoms with van der Waals surface area (Å²) in [6.07, 6.45) is -1.88. The summed E-state index contributed by atoms with van der Waals surface area (Å²) in [6.45, 7) is -0.782. The molecule has 0 unspecified atom stereocenters. The van der Waals surface area contributed by atoms with Crippen LogP contribution in [0.1, 0.15) is 0 Å². The Morgan fingerprint density at radius 2 is 1.38 bits per heavy atom. The summed E-state index contributed by atoms with van der Waals surface area (Å²) in [5.74, 6) is -1.40. The third-order valence-electron chi connectivity index (χ3n) is 1.57. The van der Waals surface area contributed by atoms with Crippen molar-refractivity contribution in [1.29, 1.82) is 0 Å². The van der Waals surface area contributed by atoms with Gasteiger partial charge in [-0.05, 0) is 0 Å². The second kappa shape index (κ2) is 4.93. The van der Waals surface area contributed by atoms with Crippen LogP contribution < -0.4 is 0 Å². The number of likely N-dealkylation sites (N-methyl/N-ethyl adjacent to an activating group) is 1. The zero-order valence-corrected chi connectivity index (χ0v) is 10.2. The van der Waals surface area contributed by atoms with Gasteiger partial charge >= 0.3 is 21.2 Å². The van der Waals surface area contributed by atoms with E-state index in [0.717, 1.165) is 7.05 Å². The molecular formula is C5H14NO8P2+. The fourth-order valence-electron chi connectivity index (χ4n) is 1.36. The van der Waals surface area contributed by atoms with Gasteiger partial charge in [0, 0.05) is 0 Å². The van der Waals surface area contributed by atoms with E-state index in [0.29, 0.717) is 0 Å². The van der Waals surface area contributed by atoms with Crippen LogP contribution in [0, 0.1) is 0 Å². The van der Waals surface area contributed by atoms with Gasteiger partial charge in [0.15, 0.2) is 19.1 Å². The van der Waals surface area contributed by atoms with E-state index < -0.39 is 44.8 Å². The van der Waals surface area contributed by atoms with Gasteiger partial charge in [-0.25, -0.2) is 4.79 Å². The van der Waals surface area contributed by atoms with Crippen LogP contribution in [0.25, 0.3) is 0 Å². The molecule has 0 aromatic rings. The number of carboxylic acid groups (broad SMARTS) is 1. The fraction of sp³-hybridized carbons (Fsp3) is 0.800. The Hall–Kier alpha value is -0.270. The van der Waals surface area contributed by atoms with Gasteiger partial charge in [0.05, 0.1) is 7.05 Å². The highest BCUT2D eigenvalue weighted by molar-refractivity contribution is 7.52. The molecule has 0 aromatic heterocycles. The zero-order chi connectivity index (χ0) is 13.2. The molecule has 11 heteroatoms. The minimum Gasteiger partial charge on any atom is -0.477 e. The Bertz CT molecular complexity index is 331. The average molecular weight is 278 g/mol. The molecule has 0 bridgehead atoms. The molecule has 0 fully saturated rings. The summed E-state index contributed by atoms with van der Waals surface area (Å²) in [5, 5.41) is 8.52. The third-order valence-corrected chi connectivity index (χ3v) is 3.67. The van der Waals surface area contributed by atoms with E-state index >= 15 is 0 Å². The van der Waals surface area contributed by atoms with Crippen molar-refractivity contribution in [3.63, 3.8) is 0 Å². The van der Waals surface area contributed by atoms with Crippen molar-refractivity contribution in [2.24, 2.45) is 0 Å². The SMILES string of the molecule is C[N+](CC(=O)O)(CP(=O)(O)O)CP(=O)(O)O. The van der Waals surface area contributed by atoms with Gasteiger partial charge < -0.3 is 24.7 Å². The molecule has 96 valence electrons. The molecule has 0 saturated heterocycles. The van der Waals surface area contributed by atoms with Crippen LogP contribution in [-0.4, -0.2) is 61.3 Å². The van der Waals surface area contributed by atoms with Crippen LogP contribution in [0.5, 0.6) is 0 Å². The van der Waals surface area contributed by atoms with Crippen molar-refractivity contribution in [3.05, 3.63) is 0 Å². The lowest BCUT2D eigenvalue weighted by Gasteiger charge is -2.32. The monoisotopic (exact) mass is 278 g/mol. The molecule has 0 rings (SSSR count). The predicted octanol–water partition coefficient (Wildman–Crippen LogP) is -1.21. The van der Waals surface area contributed by atoms with Crippen LogP contribution in [-0.2, 0) is 13.9 Å². The fourth-order valence-corrected chi connectivity index (χ4v) is 3.70. The number of carboxylic acids is 1. The summed E-state index contributed by atoms with van der Waals surface area (Å²) in [7, 11) is -8.07. The first kappa shape index (κ1) is 15.7. The predicted molar refractivity (Wildman–Crippen MR) is 52.5 cm³/mol. The molecule has 0 amide bonds. The van der Waals surface area contributed by atoms with E-state index in [1.54, 1.807) is 0 Å². The van der Waals surface area contributed by atoms with E-state index in [2.05, 4.69) is 0 Å². The quantitative estimate of drug-likeness (QED) is 0.299. The van der Waals surface area contributed by atoms with Crippen molar-refractivity contribution in [2.75, 3.05) is 26.2 Å². The number of rotatable bonds is 6. The Kier molecular flexibility index (Phi) is 4.85. The summed E-state index contributed by atoms with van der Waals surface area (Å²) < 4.78 is 20.6. The van der Waals surface area contributed by atoms with Crippen molar-refractivity contribution >= 4 is 21.2 Å². The molecule has 0 radical (unpaired) electrons. The van der Waals surface area contributed by atoms with Gasteiger partial charge in [-0.3, -0.25) is 13.6 Å². The topological polar surface area (TPSA) is 152 Å². The minimum absolute atomic E-state index is 0.782. The zero-order valence-electron chi connectivity index (χ0n) is 8.42. The molecule has 0 atom stereocenters. The number of nitrogens with zero attached hydrogens (tertiary/aromatic N) is 1. The second-order valence-electron chi connectivity index (χ2n) is 3.78. The van der Waals surface area contributed by atoms with Crippen LogP contribution in [0.2, 0.25) is 0 Å². The number of hydrogen-bond donors (Lipinski definition) is 5. The molecule has 0 aliphatic heterocycles. The van der Waals surface area contributed by atoms with Crippen LogP contribution >= 0.6 is 15.2 Å². The van der Waals surface area contributed by atoms with Gasteiger partial charge in [-0.15, -0.1) is 0 Å². The first-order valence-corrected chi connectivity index (χ1v) is 7.57. The van der Waals surface area contributed by atoms with Crippen molar-refractivity contribution in [1.82, 2.24) is 0 Å². The molecule has 0 aliphatic rings. The molecule has 0 heterocycles. The molecule has 9 nitrogen and oxygen atoms in total. The Labute approximate surface area is 91.2 Å². The lowest BCUT2D eigenvalue weighted by molar-refractivity contribution is -0.881. The summed E-state index contributed by atoms with van der Waals surface area (Å²) in [5.41, 5.74) is 0. The molecule has 0 spiro atoms. The van der Waals surface area contributed by atoms with Crippen molar-refractivity contribution in [2.45, 2.75) is 0 Å². The molecule has 0 aliphatic carbocycles. The summed E-state index contributed by atoms with van der Waals surface area (Å²) in [6, 6.07) is 0. The third kappa shape index (κ3) is 7.95. The second-order valence-corrected chi connectivity index (χ2v) is 7.01. The first-order valence-electron chi connectivity index (χ1n) is 3.97. The van der Waals surface area contributed by atoms with E-state index in [4.69, 9.17) is 24.7 Å². The highest BCUT2D eigenvalue weighted by Crippen LogP contribution is 2.43. The van der Waals surface area contributed by atoms with E-state index in [-0.39, 0.29) is 0 Å². The molecular weight excluding hydrogens is 264 g/mol. The number of hydrogen-bond acceptors (Lipinski definition) is 3. The lowest BCUT2D eigenvalue weighted by Crippen LogP contribution is -2.48. The smallest absolute Gasteiger partial charge is 0.379 e. The Balaban J connectivity index is 4.96. The standard InChI is InChI=1S/C5H13NO8P2/c1-6(2-5(7)8,3-15(9,10)11)4-16(12,13)14/h2-4H2,1H3,(H4-,7,8,9,10,11,12,13,14)/p+1. The van der Waals surface area contributed by atoms with E-state index in [1.165, 1.54) is 0 Å². The highest BCUT2D eigenvalue weighted by Gasteiger charge is 2.39. The number of quaternary nitrogens is 1. The maximum Gasteiger partial charge on any atom is 0.379 e.